The maximum Gasteiger partial charge on any atom is 0.139 e. The van der Waals surface area contributed by atoms with Gasteiger partial charge in [-0.2, -0.15) is 0 Å². The monoisotopic (exact) mass is 314 g/mol. The molecule has 4 rings (SSSR count). The highest BCUT2D eigenvalue weighted by Crippen LogP contribution is 2.42. The Morgan fingerprint density at radius 1 is 1.04 bits per heavy atom. The van der Waals surface area contributed by atoms with Crippen molar-refractivity contribution >= 4 is 11.0 Å². The van der Waals surface area contributed by atoms with Crippen LogP contribution < -0.4 is 0 Å². The standard InChI is InChI=1S/C23H22O/c1-2-3-4-5-6-7-10-17-13-14-19-18(15-17)16-21-20-11-8-9-12-22(20)24-23(19)21/h8-9,11-15H,2-6,16H2,1H3. The van der Waals surface area contributed by atoms with Crippen molar-refractivity contribution in [2.45, 2.75) is 45.4 Å². The van der Waals surface area contributed by atoms with Crippen LogP contribution in [0.15, 0.2) is 46.9 Å². The van der Waals surface area contributed by atoms with Gasteiger partial charge in [0.25, 0.3) is 0 Å². The molecule has 1 aliphatic carbocycles. The van der Waals surface area contributed by atoms with E-state index in [1.165, 1.54) is 47.8 Å². The second kappa shape index (κ2) is 6.57. The molecule has 0 saturated carbocycles. The average molecular weight is 314 g/mol. The fourth-order valence-electron chi connectivity index (χ4n) is 3.53. The number of unbranched alkanes of at least 4 members (excludes halogenated alkanes) is 4. The van der Waals surface area contributed by atoms with Crippen molar-refractivity contribution in [2.24, 2.45) is 0 Å². The van der Waals surface area contributed by atoms with Crippen molar-refractivity contribution in [3.05, 3.63) is 59.2 Å². The van der Waals surface area contributed by atoms with E-state index in [2.05, 4.69) is 49.1 Å². The predicted octanol–water partition coefficient (Wildman–Crippen LogP) is 6.33. The van der Waals surface area contributed by atoms with Crippen molar-refractivity contribution in [3.63, 3.8) is 0 Å². The molecule has 0 bridgehead atoms. The number of rotatable bonds is 4. The Morgan fingerprint density at radius 3 is 2.88 bits per heavy atom. The van der Waals surface area contributed by atoms with Crippen LogP contribution >= 0.6 is 0 Å². The van der Waals surface area contributed by atoms with Crippen molar-refractivity contribution in [3.8, 4) is 23.2 Å². The molecule has 0 atom stereocenters. The van der Waals surface area contributed by atoms with Crippen LogP contribution in [0, 0.1) is 11.8 Å². The van der Waals surface area contributed by atoms with Gasteiger partial charge >= 0.3 is 0 Å². The largest absolute Gasteiger partial charge is 0.456 e. The summed E-state index contributed by atoms with van der Waals surface area (Å²) in [6.45, 7) is 2.24. The summed E-state index contributed by atoms with van der Waals surface area (Å²) in [6.07, 6.45) is 7.06. The average Bonchev–Trinajstić information content (AvgIpc) is 3.13. The summed E-state index contributed by atoms with van der Waals surface area (Å²) < 4.78 is 6.08. The number of fused-ring (bicyclic) bond motifs is 5. The number of benzene rings is 2. The van der Waals surface area contributed by atoms with Gasteiger partial charge in [-0.3, -0.25) is 0 Å². The summed E-state index contributed by atoms with van der Waals surface area (Å²) in [5.74, 6) is 7.70. The Labute approximate surface area is 143 Å². The van der Waals surface area contributed by atoms with E-state index >= 15 is 0 Å². The van der Waals surface area contributed by atoms with Crippen molar-refractivity contribution < 1.29 is 4.42 Å². The van der Waals surface area contributed by atoms with Gasteiger partial charge < -0.3 is 4.42 Å². The van der Waals surface area contributed by atoms with Crippen molar-refractivity contribution in [2.75, 3.05) is 0 Å². The molecular formula is C23H22O. The maximum atomic E-state index is 6.08. The van der Waals surface area contributed by atoms with Crippen LogP contribution in [-0.4, -0.2) is 0 Å². The van der Waals surface area contributed by atoms with Crippen LogP contribution in [0.5, 0.6) is 0 Å². The Bertz CT molecular complexity index is 934. The highest BCUT2D eigenvalue weighted by atomic mass is 16.3. The van der Waals surface area contributed by atoms with Crippen molar-refractivity contribution in [1.29, 1.82) is 0 Å². The minimum atomic E-state index is 0.952. The predicted molar refractivity (Wildman–Crippen MR) is 100 cm³/mol. The third kappa shape index (κ3) is 2.74. The van der Waals surface area contributed by atoms with E-state index in [9.17, 15) is 0 Å². The van der Waals surface area contributed by atoms with Gasteiger partial charge in [-0.15, -0.1) is 0 Å². The smallest absolute Gasteiger partial charge is 0.139 e. The number of para-hydroxylation sites is 1. The molecule has 0 spiro atoms. The fourth-order valence-corrected chi connectivity index (χ4v) is 3.53. The lowest BCUT2D eigenvalue weighted by Gasteiger charge is -2.00. The molecule has 1 heteroatoms. The molecule has 0 radical (unpaired) electrons. The first kappa shape index (κ1) is 15.1. The molecule has 0 fully saturated rings. The third-order valence-corrected chi connectivity index (χ3v) is 4.80. The van der Waals surface area contributed by atoms with E-state index in [1.54, 1.807) is 0 Å². The Hall–Kier alpha value is -2.46. The normalized spacial score (nSPS) is 11.9. The summed E-state index contributed by atoms with van der Waals surface area (Å²) in [5.41, 5.74) is 6.01. The molecule has 0 saturated heterocycles. The summed E-state index contributed by atoms with van der Waals surface area (Å²) in [5, 5.41) is 1.24. The second-order valence-corrected chi connectivity index (χ2v) is 6.57. The zero-order chi connectivity index (χ0) is 16.4. The minimum absolute atomic E-state index is 0.952. The summed E-state index contributed by atoms with van der Waals surface area (Å²) in [7, 11) is 0. The van der Waals surface area contributed by atoms with Crippen LogP contribution in [0.2, 0.25) is 0 Å². The van der Waals surface area contributed by atoms with E-state index in [0.717, 1.165) is 29.7 Å². The van der Waals surface area contributed by atoms with Gasteiger partial charge in [0, 0.05) is 34.9 Å². The summed E-state index contributed by atoms with van der Waals surface area (Å²) >= 11 is 0. The van der Waals surface area contributed by atoms with Gasteiger partial charge in [-0.1, -0.05) is 56.2 Å². The first-order valence-corrected chi connectivity index (χ1v) is 8.99. The van der Waals surface area contributed by atoms with Crippen LogP contribution in [0.3, 0.4) is 0 Å². The lowest BCUT2D eigenvalue weighted by molar-refractivity contribution is 0.631. The molecule has 1 nitrogen and oxygen atoms in total. The van der Waals surface area contributed by atoms with Gasteiger partial charge in [-0.25, -0.2) is 0 Å². The SMILES string of the molecule is CCCCCCC#Cc1ccc2c(c1)Cc1c-2oc2ccccc12. The van der Waals surface area contributed by atoms with Crippen molar-refractivity contribution in [1.82, 2.24) is 0 Å². The molecule has 120 valence electrons. The molecule has 2 aromatic carbocycles. The highest BCUT2D eigenvalue weighted by molar-refractivity contribution is 5.91. The third-order valence-electron chi connectivity index (χ3n) is 4.80. The van der Waals surface area contributed by atoms with Crippen LogP contribution in [0.1, 0.15) is 55.7 Å². The lowest BCUT2D eigenvalue weighted by Crippen LogP contribution is -1.84. The van der Waals surface area contributed by atoms with E-state index in [0.29, 0.717) is 0 Å². The molecule has 3 aromatic rings. The number of hydrogen-bond acceptors (Lipinski definition) is 1. The molecule has 0 unspecified atom stereocenters. The van der Waals surface area contributed by atoms with Gasteiger partial charge in [0.05, 0.1) is 0 Å². The summed E-state index contributed by atoms with van der Waals surface area (Å²) in [4.78, 5) is 0. The number of hydrogen-bond donors (Lipinski definition) is 0. The topological polar surface area (TPSA) is 13.1 Å². The Balaban J connectivity index is 1.54. The van der Waals surface area contributed by atoms with Crippen LogP contribution in [0.25, 0.3) is 22.3 Å². The molecule has 1 aromatic heterocycles. The van der Waals surface area contributed by atoms with Crippen LogP contribution in [-0.2, 0) is 6.42 Å². The molecular weight excluding hydrogens is 292 g/mol. The zero-order valence-electron chi connectivity index (χ0n) is 14.2. The molecule has 0 amide bonds. The zero-order valence-corrected chi connectivity index (χ0v) is 14.2. The Kier molecular flexibility index (Phi) is 4.13. The van der Waals surface area contributed by atoms with Gasteiger partial charge in [-0.05, 0) is 36.2 Å². The molecule has 24 heavy (non-hydrogen) atoms. The molecule has 1 heterocycles. The van der Waals surface area contributed by atoms with E-state index < -0.39 is 0 Å². The van der Waals surface area contributed by atoms with Gasteiger partial charge in [0.2, 0.25) is 0 Å². The minimum Gasteiger partial charge on any atom is -0.456 e. The van der Waals surface area contributed by atoms with Gasteiger partial charge in [0.15, 0.2) is 0 Å². The van der Waals surface area contributed by atoms with Gasteiger partial charge in [0.1, 0.15) is 11.3 Å². The molecule has 0 aliphatic heterocycles. The van der Waals surface area contributed by atoms with E-state index in [1.807, 2.05) is 12.1 Å². The molecule has 0 N–H and O–H groups in total. The second-order valence-electron chi connectivity index (χ2n) is 6.57. The maximum absolute atomic E-state index is 6.08. The lowest BCUT2D eigenvalue weighted by atomic mass is 10.1. The van der Waals surface area contributed by atoms with Crippen LogP contribution in [0.4, 0.5) is 0 Å². The first-order valence-electron chi connectivity index (χ1n) is 8.99. The highest BCUT2D eigenvalue weighted by Gasteiger charge is 2.25. The summed E-state index contributed by atoms with van der Waals surface area (Å²) in [6, 6.07) is 14.8. The van der Waals surface area contributed by atoms with E-state index in [4.69, 9.17) is 4.42 Å². The first-order chi connectivity index (χ1) is 11.9. The quantitative estimate of drug-likeness (QED) is 0.317. The molecule has 1 aliphatic rings. The van der Waals surface area contributed by atoms with E-state index in [-0.39, 0.29) is 0 Å². The number of furan rings is 1. The Morgan fingerprint density at radius 2 is 1.96 bits per heavy atom. The fraction of sp³-hybridized carbons (Fsp3) is 0.304.